The van der Waals surface area contributed by atoms with Crippen LogP contribution in [0, 0.1) is 0 Å². The van der Waals surface area contributed by atoms with E-state index < -0.39 is 0 Å². The molecule has 1 aromatic rings. The molecule has 32 heavy (non-hydrogen) atoms. The second kappa shape index (κ2) is 12.9. The van der Waals surface area contributed by atoms with E-state index in [2.05, 4.69) is 16.8 Å². The average Bonchev–Trinajstić information content (AvgIpc) is 3.25. The minimum atomic E-state index is -0.246. The predicted octanol–water partition coefficient (Wildman–Crippen LogP) is 2.65. The minimum Gasteiger partial charge on any atom is -0.461 e. The molecule has 0 bridgehead atoms. The number of nitrogens with zero attached hydrogens (tertiary/aromatic N) is 4. The van der Waals surface area contributed by atoms with Crippen LogP contribution in [0.4, 0.5) is 0 Å². The molecule has 1 aromatic heterocycles. The van der Waals surface area contributed by atoms with Gasteiger partial charge >= 0.3 is 5.97 Å². The Labute approximate surface area is 192 Å². The van der Waals surface area contributed by atoms with Crippen LogP contribution < -0.4 is 0 Å². The number of hydrogen-bond acceptors (Lipinski definition) is 6. The number of unbranched alkanes of at least 4 members (excludes halogenated alkanes) is 2. The van der Waals surface area contributed by atoms with E-state index in [0.717, 1.165) is 83.7 Å². The fraction of sp³-hybridized carbons (Fsp3) is 0.792. The molecule has 0 saturated carbocycles. The van der Waals surface area contributed by atoms with Gasteiger partial charge in [-0.3, -0.25) is 14.5 Å². The third-order valence-corrected chi connectivity index (χ3v) is 6.59. The maximum Gasteiger partial charge on any atom is 0.326 e. The number of carbonyl (C=O) groups excluding carboxylic acids is 2. The van der Waals surface area contributed by atoms with Crippen LogP contribution in [-0.2, 0) is 32.0 Å². The van der Waals surface area contributed by atoms with Gasteiger partial charge in [0.05, 0.1) is 19.3 Å². The number of carbonyl (C=O) groups is 2. The van der Waals surface area contributed by atoms with Gasteiger partial charge < -0.3 is 18.9 Å². The molecule has 1 amide bonds. The van der Waals surface area contributed by atoms with Crippen molar-refractivity contribution in [1.82, 2.24) is 19.4 Å². The van der Waals surface area contributed by atoms with Gasteiger partial charge in [0.2, 0.25) is 5.91 Å². The van der Waals surface area contributed by atoms with Crippen molar-refractivity contribution in [3.8, 4) is 0 Å². The molecule has 3 rings (SSSR count). The number of aryl methyl sites for hydroxylation is 1. The van der Waals surface area contributed by atoms with Gasteiger partial charge in [-0.2, -0.15) is 0 Å². The van der Waals surface area contributed by atoms with Gasteiger partial charge in [0, 0.05) is 57.5 Å². The quantitative estimate of drug-likeness (QED) is 0.383. The molecule has 1 atom stereocenters. The first kappa shape index (κ1) is 24.7. The molecule has 0 spiro atoms. The van der Waals surface area contributed by atoms with E-state index in [0.29, 0.717) is 18.9 Å². The lowest BCUT2D eigenvalue weighted by molar-refractivity contribution is -0.149. The number of morpholine rings is 1. The molecule has 2 aliphatic heterocycles. The summed E-state index contributed by atoms with van der Waals surface area (Å²) in [4.78, 5) is 33.9. The zero-order valence-electron chi connectivity index (χ0n) is 19.8. The summed E-state index contributed by atoms with van der Waals surface area (Å²) >= 11 is 0. The Morgan fingerprint density at radius 2 is 1.94 bits per heavy atom. The Hall–Kier alpha value is -1.93. The lowest BCUT2D eigenvalue weighted by atomic mass is 10.0. The summed E-state index contributed by atoms with van der Waals surface area (Å²) in [5.74, 6) is 0.689. The van der Waals surface area contributed by atoms with Gasteiger partial charge in [0.25, 0.3) is 0 Å². The zero-order chi connectivity index (χ0) is 22.8. The Morgan fingerprint density at radius 1 is 1.19 bits per heavy atom. The Kier molecular flexibility index (Phi) is 9.99. The Bertz CT molecular complexity index is 709. The number of rotatable bonds is 11. The molecule has 0 N–H and O–H groups in total. The predicted molar refractivity (Wildman–Crippen MR) is 122 cm³/mol. The van der Waals surface area contributed by atoms with Crippen LogP contribution in [0.2, 0.25) is 0 Å². The van der Waals surface area contributed by atoms with E-state index in [9.17, 15) is 9.59 Å². The fourth-order valence-electron chi connectivity index (χ4n) is 4.65. The monoisotopic (exact) mass is 448 g/mol. The number of amides is 1. The van der Waals surface area contributed by atoms with E-state index in [1.807, 2.05) is 11.8 Å². The second-order valence-electron chi connectivity index (χ2n) is 9.03. The van der Waals surface area contributed by atoms with Gasteiger partial charge in [-0.25, -0.2) is 4.98 Å². The molecule has 8 nitrogen and oxygen atoms in total. The summed E-state index contributed by atoms with van der Waals surface area (Å²) in [6, 6.07) is 0.567. The van der Waals surface area contributed by atoms with E-state index >= 15 is 0 Å². The van der Waals surface area contributed by atoms with Crippen molar-refractivity contribution in [1.29, 1.82) is 0 Å². The molecule has 8 heteroatoms. The highest BCUT2D eigenvalue weighted by atomic mass is 16.5. The van der Waals surface area contributed by atoms with Crippen molar-refractivity contribution >= 4 is 11.9 Å². The standard InChI is InChI=1S/C24H40N4O4/c1-3-4-5-6-20(2)32-24(30)19-28-14-11-25-22(28)7-8-23(29)27-12-9-21(10-13-27)26-15-17-31-18-16-26/h11,14,20-21H,3-10,12-13,15-19H2,1-2H3. The number of aromatic nitrogens is 2. The summed E-state index contributed by atoms with van der Waals surface area (Å²) < 4.78 is 12.8. The summed E-state index contributed by atoms with van der Waals surface area (Å²) in [7, 11) is 0. The zero-order valence-corrected chi connectivity index (χ0v) is 19.8. The first-order valence-corrected chi connectivity index (χ1v) is 12.4. The summed E-state index contributed by atoms with van der Waals surface area (Å²) in [6.07, 6.45) is 10.7. The third-order valence-electron chi connectivity index (χ3n) is 6.59. The van der Waals surface area contributed by atoms with Crippen LogP contribution in [0.25, 0.3) is 0 Å². The normalized spacial score (nSPS) is 19.1. The van der Waals surface area contributed by atoms with Crippen LogP contribution in [0.5, 0.6) is 0 Å². The highest BCUT2D eigenvalue weighted by Crippen LogP contribution is 2.19. The van der Waals surface area contributed by atoms with Gasteiger partial charge in [0.15, 0.2) is 0 Å². The lowest BCUT2D eigenvalue weighted by Crippen LogP contribution is -2.50. The van der Waals surface area contributed by atoms with Crippen molar-refractivity contribution < 1.29 is 19.1 Å². The number of imidazole rings is 1. The highest BCUT2D eigenvalue weighted by Gasteiger charge is 2.27. The van der Waals surface area contributed by atoms with Crippen LogP contribution in [0.3, 0.4) is 0 Å². The molecule has 2 fully saturated rings. The van der Waals surface area contributed by atoms with Crippen molar-refractivity contribution in [3.05, 3.63) is 18.2 Å². The smallest absolute Gasteiger partial charge is 0.326 e. The van der Waals surface area contributed by atoms with Crippen LogP contribution >= 0.6 is 0 Å². The third kappa shape index (κ3) is 7.59. The van der Waals surface area contributed by atoms with E-state index in [1.165, 1.54) is 0 Å². The highest BCUT2D eigenvalue weighted by molar-refractivity contribution is 5.76. The fourth-order valence-corrected chi connectivity index (χ4v) is 4.65. The number of esters is 1. The SMILES string of the molecule is CCCCCC(C)OC(=O)Cn1ccnc1CCC(=O)N1CCC(N2CCOCC2)CC1. The lowest BCUT2D eigenvalue weighted by Gasteiger charge is -2.40. The molecule has 2 aliphatic rings. The Balaban J connectivity index is 1.38. The maximum atomic E-state index is 12.7. The topological polar surface area (TPSA) is 76.9 Å². The van der Waals surface area contributed by atoms with Gasteiger partial charge in [0.1, 0.15) is 12.4 Å². The van der Waals surface area contributed by atoms with Crippen molar-refractivity contribution in [2.45, 2.75) is 83.9 Å². The molecule has 1 unspecified atom stereocenters. The van der Waals surface area contributed by atoms with Crippen molar-refractivity contribution in [2.75, 3.05) is 39.4 Å². The molecule has 3 heterocycles. The molecular formula is C24H40N4O4. The Morgan fingerprint density at radius 3 is 2.66 bits per heavy atom. The van der Waals surface area contributed by atoms with E-state index in [4.69, 9.17) is 9.47 Å². The average molecular weight is 449 g/mol. The summed E-state index contributed by atoms with van der Waals surface area (Å²) in [5, 5.41) is 0. The van der Waals surface area contributed by atoms with Crippen LogP contribution in [0.15, 0.2) is 12.4 Å². The molecule has 0 aromatic carbocycles. The van der Waals surface area contributed by atoms with Crippen molar-refractivity contribution in [2.24, 2.45) is 0 Å². The summed E-state index contributed by atoms with van der Waals surface area (Å²) in [6.45, 7) is 9.52. The van der Waals surface area contributed by atoms with Gasteiger partial charge in [-0.15, -0.1) is 0 Å². The molecular weight excluding hydrogens is 408 g/mol. The number of likely N-dealkylation sites (tertiary alicyclic amines) is 1. The minimum absolute atomic E-state index is 0.0667. The second-order valence-corrected chi connectivity index (χ2v) is 9.03. The van der Waals surface area contributed by atoms with Crippen molar-refractivity contribution in [3.63, 3.8) is 0 Å². The maximum absolute atomic E-state index is 12.7. The van der Waals surface area contributed by atoms with E-state index in [1.54, 1.807) is 17.0 Å². The molecule has 0 aliphatic carbocycles. The largest absolute Gasteiger partial charge is 0.461 e. The first-order valence-electron chi connectivity index (χ1n) is 12.4. The molecule has 180 valence electrons. The first-order chi connectivity index (χ1) is 15.6. The van der Waals surface area contributed by atoms with Crippen LogP contribution in [0.1, 0.15) is 64.6 Å². The number of hydrogen-bond donors (Lipinski definition) is 0. The summed E-state index contributed by atoms with van der Waals surface area (Å²) in [5.41, 5.74) is 0. The number of piperidine rings is 1. The van der Waals surface area contributed by atoms with E-state index in [-0.39, 0.29) is 24.5 Å². The van der Waals surface area contributed by atoms with Gasteiger partial charge in [-0.05, 0) is 32.6 Å². The number of ether oxygens (including phenoxy) is 2. The molecule has 0 radical (unpaired) electrons. The van der Waals surface area contributed by atoms with Crippen LogP contribution in [-0.4, -0.2) is 82.8 Å². The molecule has 2 saturated heterocycles. The van der Waals surface area contributed by atoms with Gasteiger partial charge in [-0.1, -0.05) is 19.8 Å².